The van der Waals surface area contributed by atoms with Crippen LogP contribution in [0.2, 0.25) is 5.02 Å². The second-order valence-corrected chi connectivity index (χ2v) is 11.9. The summed E-state index contributed by atoms with van der Waals surface area (Å²) in [6.45, 7) is 30.8. The Morgan fingerprint density at radius 1 is 1.05 bits per heavy atom. The maximum absolute atomic E-state index is 6.42. The summed E-state index contributed by atoms with van der Waals surface area (Å²) in [5.41, 5.74) is 10.5. The Morgan fingerprint density at radius 3 is 2.24 bits per heavy atom. The molecule has 0 saturated heterocycles. The van der Waals surface area contributed by atoms with Gasteiger partial charge in [-0.05, 0) is 117 Å². The molecule has 0 aliphatic heterocycles. The minimum atomic E-state index is 0.172. The SMILES string of the molecule is C=C(C)/C(C(=C)CCCNCC(C)C)=C(C(=CC(C)c1cc(Cl)ccc1C)/C(=C\C)CC(C)C)\C(C)=N/C. The fourth-order valence-electron chi connectivity index (χ4n) is 4.87. The molecule has 2 nitrogen and oxygen atoms in total. The van der Waals surface area contributed by atoms with Gasteiger partial charge in [0.05, 0.1) is 0 Å². The van der Waals surface area contributed by atoms with Crippen molar-refractivity contribution in [2.24, 2.45) is 16.8 Å². The zero-order valence-electron chi connectivity index (χ0n) is 25.9. The maximum Gasteiger partial charge on any atom is 0.0409 e. The van der Waals surface area contributed by atoms with Crippen molar-refractivity contribution in [3.05, 3.63) is 93.1 Å². The Hall–Kier alpha value is -2.16. The van der Waals surface area contributed by atoms with Crippen molar-refractivity contribution in [2.75, 3.05) is 20.1 Å². The summed E-state index contributed by atoms with van der Waals surface area (Å²) in [6.07, 6.45) is 7.61. The molecule has 0 heterocycles. The highest BCUT2D eigenvalue weighted by molar-refractivity contribution is 6.30. The highest BCUT2D eigenvalue weighted by atomic mass is 35.5. The van der Waals surface area contributed by atoms with Crippen LogP contribution in [0.15, 0.2) is 81.9 Å². The van der Waals surface area contributed by atoms with Crippen LogP contribution in [-0.2, 0) is 0 Å². The zero-order chi connectivity index (χ0) is 29.0. The fraction of sp³-hybridized carbons (Fsp3) is 0.514. The minimum absolute atomic E-state index is 0.172. The number of aliphatic imine (C=N–C) groups is 1. The first-order valence-corrected chi connectivity index (χ1v) is 14.6. The lowest BCUT2D eigenvalue weighted by atomic mass is 9.80. The number of allylic oxidation sites excluding steroid dienone is 8. The van der Waals surface area contributed by atoms with Crippen LogP contribution in [0.5, 0.6) is 0 Å². The molecule has 0 bridgehead atoms. The van der Waals surface area contributed by atoms with E-state index >= 15 is 0 Å². The lowest BCUT2D eigenvalue weighted by Gasteiger charge is -2.25. The second kappa shape index (κ2) is 16.7. The van der Waals surface area contributed by atoms with Gasteiger partial charge in [-0.1, -0.05) is 83.2 Å². The molecule has 0 aromatic heterocycles. The number of rotatable bonds is 15. The summed E-state index contributed by atoms with van der Waals surface area (Å²) >= 11 is 6.42. The van der Waals surface area contributed by atoms with Crippen molar-refractivity contribution < 1.29 is 0 Å². The molecular weight excluding hydrogens is 484 g/mol. The monoisotopic (exact) mass is 536 g/mol. The number of hydrogen-bond acceptors (Lipinski definition) is 2. The van der Waals surface area contributed by atoms with Gasteiger partial charge >= 0.3 is 0 Å². The van der Waals surface area contributed by atoms with E-state index in [1.165, 1.54) is 22.3 Å². The van der Waals surface area contributed by atoms with Gasteiger partial charge in [0.15, 0.2) is 0 Å². The molecule has 1 rings (SSSR count). The third-order valence-electron chi connectivity index (χ3n) is 6.85. The Labute approximate surface area is 239 Å². The van der Waals surface area contributed by atoms with Crippen molar-refractivity contribution >= 4 is 17.3 Å². The van der Waals surface area contributed by atoms with Crippen LogP contribution in [0.4, 0.5) is 0 Å². The smallest absolute Gasteiger partial charge is 0.0409 e. The van der Waals surface area contributed by atoms with Crippen LogP contribution in [0.3, 0.4) is 0 Å². The summed E-state index contributed by atoms with van der Waals surface area (Å²) < 4.78 is 0. The van der Waals surface area contributed by atoms with E-state index in [1.54, 1.807) is 0 Å². The average molecular weight is 537 g/mol. The van der Waals surface area contributed by atoms with Crippen molar-refractivity contribution in [3.63, 3.8) is 0 Å². The Morgan fingerprint density at radius 2 is 1.71 bits per heavy atom. The molecule has 0 radical (unpaired) electrons. The average Bonchev–Trinajstić information content (AvgIpc) is 2.84. The van der Waals surface area contributed by atoms with Crippen LogP contribution in [0, 0.1) is 18.8 Å². The highest BCUT2D eigenvalue weighted by Gasteiger charge is 2.22. The van der Waals surface area contributed by atoms with Crippen molar-refractivity contribution in [2.45, 2.75) is 87.5 Å². The molecule has 0 amide bonds. The van der Waals surface area contributed by atoms with Crippen molar-refractivity contribution in [1.29, 1.82) is 0 Å². The van der Waals surface area contributed by atoms with Gasteiger partial charge in [-0.15, -0.1) is 0 Å². The molecule has 0 aliphatic carbocycles. The van der Waals surface area contributed by atoms with Gasteiger partial charge in [0.2, 0.25) is 0 Å². The number of hydrogen-bond donors (Lipinski definition) is 1. The molecule has 1 N–H and O–H groups in total. The minimum Gasteiger partial charge on any atom is -0.316 e. The first kappa shape index (κ1) is 33.9. The van der Waals surface area contributed by atoms with Gasteiger partial charge in [-0.2, -0.15) is 0 Å². The number of halogens is 1. The van der Waals surface area contributed by atoms with Gasteiger partial charge in [-0.25, -0.2) is 0 Å². The predicted molar refractivity (Wildman–Crippen MR) is 173 cm³/mol. The Balaban J connectivity index is 3.78. The van der Waals surface area contributed by atoms with Gasteiger partial charge in [-0.3, -0.25) is 4.99 Å². The number of nitrogens with one attached hydrogen (secondary N) is 1. The summed E-state index contributed by atoms with van der Waals surface area (Å²) in [5.74, 6) is 1.35. The van der Waals surface area contributed by atoms with Crippen molar-refractivity contribution in [3.8, 4) is 0 Å². The number of benzene rings is 1. The largest absolute Gasteiger partial charge is 0.316 e. The predicted octanol–water partition coefficient (Wildman–Crippen LogP) is 10.2. The maximum atomic E-state index is 6.42. The molecular formula is C35H53ClN2. The molecule has 0 saturated carbocycles. The summed E-state index contributed by atoms with van der Waals surface area (Å²) in [6, 6.07) is 6.17. The third kappa shape index (κ3) is 10.5. The van der Waals surface area contributed by atoms with Crippen LogP contribution >= 0.6 is 11.6 Å². The van der Waals surface area contributed by atoms with E-state index in [9.17, 15) is 0 Å². The molecule has 1 unspecified atom stereocenters. The summed E-state index contributed by atoms with van der Waals surface area (Å²) in [5, 5.41) is 4.33. The highest BCUT2D eigenvalue weighted by Crippen LogP contribution is 2.37. The van der Waals surface area contributed by atoms with Gasteiger partial charge < -0.3 is 5.32 Å². The van der Waals surface area contributed by atoms with E-state index in [0.717, 1.165) is 65.4 Å². The van der Waals surface area contributed by atoms with Crippen LogP contribution in [0.1, 0.15) is 91.7 Å². The molecule has 0 fully saturated rings. The van der Waals surface area contributed by atoms with Crippen LogP contribution < -0.4 is 5.32 Å². The Kier molecular flexibility index (Phi) is 14.9. The van der Waals surface area contributed by atoms with E-state index in [4.69, 9.17) is 16.6 Å². The number of nitrogens with zero attached hydrogens (tertiary/aromatic N) is 1. The first-order valence-electron chi connectivity index (χ1n) is 14.2. The summed E-state index contributed by atoms with van der Waals surface area (Å²) in [7, 11) is 1.88. The van der Waals surface area contributed by atoms with E-state index < -0.39 is 0 Å². The topological polar surface area (TPSA) is 24.4 Å². The van der Waals surface area contributed by atoms with E-state index in [0.29, 0.717) is 11.8 Å². The molecule has 1 aromatic carbocycles. The summed E-state index contributed by atoms with van der Waals surface area (Å²) in [4.78, 5) is 4.71. The zero-order valence-corrected chi connectivity index (χ0v) is 26.6. The molecule has 38 heavy (non-hydrogen) atoms. The van der Waals surface area contributed by atoms with Gasteiger partial charge in [0.25, 0.3) is 0 Å². The fourth-order valence-corrected chi connectivity index (χ4v) is 5.05. The van der Waals surface area contributed by atoms with E-state index in [-0.39, 0.29) is 5.92 Å². The van der Waals surface area contributed by atoms with Crippen LogP contribution in [-0.4, -0.2) is 25.8 Å². The van der Waals surface area contributed by atoms with Crippen molar-refractivity contribution in [1.82, 2.24) is 5.32 Å². The second-order valence-electron chi connectivity index (χ2n) is 11.4. The van der Waals surface area contributed by atoms with E-state index in [2.05, 4.69) is 105 Å². The van der Waals surface area contributed by atoms with Gasteiger partial charge in [0, 0.05) is 29.3 Å². The third-order valence-corrected chi connectivity index (χ3v) is 7.09. The molecule has 0 aliphatic rings. The Bertz CT molecular complexity index is 1080. The number of aryl methyl sites for hydroxylation is 1. The molecule has 0 spiro atoms. The molecule has 1 atom stereocenters. The standard InChI is InChI=1S/C35H53ClN2/c1-13-30(19-23(2)3)33(20-28(10)32-21-31(36)17-16-26(32)8)35(29(11)37-12)34(25(6)7)27(9)15-14-18-38-22-24(4)5/h13,16-17,20-21,23-24,28,38H,6,9,14-15,18-19,22H2,1-5,7-8,10-12H3/b30-13-,33-20?,35-34-,37-29-. The van der Waals surface area contributed by atoms with Crippen LogP contribution in [0.25, 0.3) is 0 Å². The van der Waals surface area contributed by atoms with Gasteiger partial charge in [0.1, 0.15) is 0 Å². The first-order chi connectivity index (χ1) is 17.8. The normalized spacial score (nSPS) is 14.7. The molecule has 1 aromatic rings. The lowest BCUT2D eigenvalue weighted by molar-refractivity contribution is 0.543. The quantitative estimate of drug-likeness (QED) is 0.134. The molecule has 210 valence electrons. The lowest BCUT2D eigenvalue weighted by Crippen LogP contribution is -2.20. The molecule has 3 heteroatoms. The van der Waals surface area contributed by atoms with E-state index in [1.807, 2.05) is 13.1 Å².